The third-order valence-electron chi connectivity index (χ3n) is 7.52. The number of rotatable bonds is 7. The van der Waals surface area contributed by atoms with E-state index < -0.39 is 0 Å². The van der Waals surface area contributed by atoms with Gasteiger partial charge in [-0.1, -0.05) is 41.9 Å². The largest absolute Gasteiger partial charge is 0.383 e. The zero-order valence-electron chi connectivity index (χ0n) is 22.8. The van der Waals surface area contributed by atoms with E-state index in [0.717, 1.165) is 83.9 Å². The number of aryl methyl sites for hydroxylation is 2. The molecule has 0 aliphatic carbocycles. The van der Waals surface area contributed by atoms with Crippen molar-refractivity contribution in [2.75, 3.05) is 64.0 Å². The predicted molar refractivity (Wildman–Crippen MR) is 155 cm³/mol. The van der Waals surface area contributed by atoms with Gasteiger partial charge in [-0.05, 0) is 62.8 Å². The van der Waals surface area contributed by atoms with E-state index in [9.17, 15) is 0 Å². The fourth-order valence-corrected chi connectivity index (χ4v) is 5.60. The average Bonchev–Trinajstić information content (AvgIpc) is 3.24. The number of piperazine rings is 1. The molecule has 1 saturated heterocycles. The Kier molecular flexibility index (Phi) is 7.56. The number of anilines is 2. The fraction of sp³-hybridized carbons (Fsp3) is 0.414. The lowest BCUT2D eigenvalue weighted by molar-refractivity contribution is 0.229. The van der Waals surface area contributed by atoms with E-state index in [1.807, 2.05) is 38.1 Å². The van der Waals surface area contributed by atoms with Gasteiger partial charge in [0.1, 0.15) is 11.6 Å². The molecule has 0 radical (unpaired) electrons. The summed E-state index contributed by atoms with van der Waals surface area (Å²) in [5, 5.41) is 5.78. The van der Waals surface area contributed by atoms with Gasteiger partial charge in [0.15, 0.2) is 0 Å². The van der Waals surface area contributed by atoms with Gasteiger partial charge in [-0.15, -0.1) is 0 Å². The Bertz CT molecular complexity index is 1420. The van der Waals surface area contributed by atoms with Gasteiger partial charge in [0.05, 0.1) is 11.2 Å². The van der Waals surface area contributed by atoms with Gasteiger partial charge in [0.2, 0.25) is 5.95 Å². The van der Waals surface area contributed by atoms with Crippen molar-refractivity contribution < 1.29 is 4.52 Å². The topological polar surface area (TPSA) is 87.6 Å². The average molecular weight is 534 g/mol. The minimum absolute atomic E-state index is 0.0157. The van der Waals surface area contributed by atoms with Crippen molar-refractivity contribution in [3.05, 3.63) is 64.0 Å². The molecular weight excluding hydrogens is 498 g/mol. The smallest absolute Gasteiger partial charge is 0.227 e. The highest BCUT2D eigenvalue weighted by Gasteiger charge is 2.26. The second-order valence-electron chi connectivity index (χ2n) is 10.4. The summed E-state index contributed by atoms with van der Waals surface area (Å²) >= 11 is 6.38. The summed E-state index contributed by atoms with van der Waals surface area (Å²) in [7, 11) is 4.22. The number of nitrogens with two attached hydrogens (primary N) is 1. The lowest BCUT2D eigenvalue weighted by atomic mass is 9.84. The third-order valence-corrected chi connectivity index (χ3v) is 7.76. The van der Waals surface area contributed by atoms with Crippen molar-refractivity contribution in [2.24, 2.45) is 0 Å². The summed E-state index contributed by atoms with van der Waals surface area (Å²) in [5.74, 6) is 1.92. The Morgan fingerprint density at radius 2 is 1.84 bits per heavy atom. The highest BCUT2D eigenvalue weighted by atomic mass is 35.5. The number of nitrogen functional groups attached to an aromatic ring is 1. The third kappa shape index (κ3) is 5.21. The molecule has 3 heterocycles. The molecule has 8 nitrogen and oxygen atoms in total. The minimum atomic E-state index is -0.0157. The first kappa shape index (κ1) is 26.4. The van der Waals surface area contributed by atoms with E-state index >= 15 is 0 Å². The Balaban J connectivity index is 1.57. The van der Waals surface area contributed by atoms with E-state index in [0.29, 0.717) is 16.8 Å². The first-order valence-corrected chi connectivity index (χ1v) is 13.5. The van der Waals surface area contributed by atoms with E-state index in [4.69, 9.17) is 31.8 Å². The number of hydrogen-bond donors (Lipinski definition) is 1. The van der Waals surface area contributed by atoms with Crippen molar-refractivity contribution in [1.82, 2.24) is 24.9 Å². The van der Waals surface area contributed by atoms with Gasteiger partial charge in [-0.2, -0.15) is 4.98 Å². The second kappa shape index (κ2) is 10.9. The Labute approximate surface area is 229 Å². The van der Waals surface area contributed by atoms with E-state index in [-0.39, 0.29) is 5.92 Å². The highest BCUT2D eigenvalue weighted by Crippen LogP contribution is 2.42. The zero-order chi connectivity index (χ0) is 27.0. The van der Waals surface area contributed by atoms with Crippen LogP contribution in [0.15, 0.2) is 40.9 Å². The zero-order valence-corrected chi connectivity index (χ0v) is 23.6. The number of nitrogens with zero attached hydrogens (tertiary/aromatic N) is 6. The molecule has 38 heavy (non-hydrogen) atoms. The van der Waals surface area contributed by atoms with Crippen molar-refractivity contribution in [3.63, 3.8) is 0 Å². The maximum Gasteiger partial charge on any atom is 0.227 e. The van der Waals surface area contributed by atoms with Crippen LogP contribution < -0.4 is 10.6 Å². The SMILES string of the molecule is Cc1noc(C)c1-c1ccc2nc(N3CCN(CCN(C)C)CC3)nc(N)c2c1C(C)c1cccc(Cl)c1. The van der Waals surface area contributed by atoms with Gasteiger partial charge < -0.3 is 20.1 Å². The first-order valence-electron chi connectivity index (χ1n) is 13.1. The van der Waals surface area contributed by atoms with Crippen molar-refractivity contribution in [3.8, 4) is 11.1 Å². The number of hydrogen-bond acceptors (Lipinski definition) is 8. The monoisotopic (exact) mass is 533 g/mol. The second-order valence-corrected chi connectivity index (χ2v) is 10.9. The van der Waals surface area contributed by atoms with E-state index in [1.165, 1.54) is 0 Å². The van der Waals surface area contributed by atoms with Crippen LogP contribution >= 0.6 is 11.6 Å². The quantitative estimate of drug-likeness (QED) is 0.356. The lowest BCUT2D eigenvalue weighted by Gasteiger charge is -2.35. The molecule has 0 saturated carbocycles. The summed E-state index contributed by atoms with van der Waals surface area (Å²) < 4.78 is 5.54. The van der Waals surface area contributed by atoms with Crippen LogP contribution in [0.3, 0.4) is 0 Å². The van der Waals surface area contributed by atoms with Gasteiger partial charge >= 0.3 is 0 Å². The molecule has 2 aromatic carbocycles. The lowest BCUT2D eigenvalue weighted by Crippen LogP contribution is -2.48. The molecule has 200 valence electrons. The number of likely N-dealkylation sites (N-methyl/N-ethyl adjacent to an activating group) is 1. The summed E-state index contributed by atoms with van der Waals surface area (Å²) in [5.41, 5.74) is 12.6. The maximum atomic E-state index is 6.76. The molecule has 1 fully saturated rings. The molecule has 9 heteroatoms. The standard InChI is InChI=1S/C29H36ClN7O/c1-18(21-7-6-8-22(30)17-21)25-23(26-19(2)34-38-20(26)3)9-10-24-27(25)28(31)33-29(32-24)37-15-13-36(14-16-37)12-11-35(4)5/h6-10,17-18H,11-16H2,1-5H3,(H2,31,32,33). The van der Waals surface area contributed by atoms with Crippen molar-refractivity contribution in [1.29, 1.82) is 0 Å². The predicted octanol–water partition coefficient (Wildman–Crippen LogP) is 4.97. The summed E-state index contributed by atoms with van der Waals surface area (Å²) in [6.07, 6.45) is 0. The Hall–Kier alpha value is -3.20. The number of aromatic nitrogens is 3. The molecular formula is C29H36ClN7O. The van der Waals surface area contributed by atoms with Gasteiger partial charge in [-0.3, -0.25) is 4.90 Å². The summed E-state index contributed by atoms with van der Waals surface area (Å²) in [6, 6.07) is 12.1. The number of benzene rings is 2. The Morgan fingerprint density at radius 1 is 1.08 bits per heavy atom. The molecule has 2 aromatic heterocycles. The number of fused-ring (bicyclic) bond motifs is 1. The van der Waals surface area contributed by atoms with Crippen LogP contribution in [0.5, 0.6) is 0 Å². The molecule has 5 rings (SSSR count). The maximum absolute atomic E-state index is 6.76. The molecule has 1 atom stereocenters. The summed E-state index contributed by atoms with van der Waals surface area (Å²) in [4.78, 5) is 16.8. The van der Waals surface area contributed by atoms with Crippen LogP contribution in [0.1, 0.15) is 35.4 Å². The molecule has 1 aliphatic heterocycles. The van der Waals surface area contributed by atoms with Gasteiger partial charge in [0, 0.05) is 61.2 Å². The van der Waals surface area contributed by atoms with Crippen molar-refractivity contribution >= 4 is 34.3 Å². The van der Waals surface area contributed by atoms with Crippen LogP contribution in [-0.4, -0.2) is 78.3 Å². The van der Waals surface area contributed by atoms with E-state index in [1.54, 1.807) is 0 Å². The van der Waals surface area contributed by atoms with Gasteiger partial charge in [0.25, 0.3) is 0 Å². The Morgan fingerprint density at radius 3 is 2.50 bits per heavy atom. The molecule has 0 spiro atoms. The molecule has 4 aromatic rings. The first-order chi connectivity index (χ1) is 18.2. The molecule has 1 aliphatic rings. The van der Waals surface area contributed by atoms with Crippen LogP contribution in [0.25, 0.3) is 22.0 Å². The van der Waals surface area contributed by atoms with Gasteiger partial charge in [-0.25, -0.2) is 4.98 Å². The van der Waals surface area contributed by atoms with E-state index in [2.05, 4.69) is 53.0 Å². The molecule has 0 amide bonds. The normalized spacial score (nSPS) is 15.5. The molecule has 0 bridgehead atoms. The number of halogens is 1. The minimum Gasteiger partial charge on any atom is -0.383 e. The highest BCUT2D eigenvalue weighted by molar-refractivity contribution is 6.30. The van der Waals surface area contributed by atoms with Crippen LogP contribution in [0.4, 0.5) is 11.8 Å². The van der Waals surface area contributed by atoms with Crippen LogP contribution in [-0.2, 0) is 0 Å². The van der Waals surface area contributed by atoms with Crippen LogP contribution in [0, 0.1) is 13.8 Å². The molecule has 1 unspecified atom stereocenters. The summed E-state index contributed by atoms with van der Waals surface area (Å²) in [6.45, 7) is 11.9. The molecule has 2 N–H and O–H groups in total. The van der Waals surface area contributed by atoms with Crippen molar-refractivity contribution in [2.45, 2.75) is 26.7 Å². The van der Waals surface area contributed by atoms with Crippen LogP contribution in [0.2, 0.25) is 5.02 Å². The fourth-order valence-electron chi connectivity index (χ4n) is 5.40.